The molecule has 1 aliphatic rings. The fourth-order valence-corrected chi connectivity index (χ4v) is 2.06. The molecule has 2 aromatic rings. The van der Waals surface area contributed by atoms with E-state index in [1.807, 2.05) is 24.3 Å². The van der Waals surface area contributed by atoms with Crippen LogP contribution in [-0.2, 0) is 17.8 Å². The smallest absolute Gasteiger partial charge is 0.224 e. The molecule has 21 heavy (non-hydrogen) atoms. The summed E-state index contributed by atoms with van der Waals surface area (Å²) in [4.78, 5) is 11.4. The molecule has 2 heterocycles. The van der Waals surface area contributed by atoms with Gasteiger partial charge in [-0.1, -0.05) is 6.07 Å². The summed E-state index contributed by atoms with van der Waals surface area (Å²) in [6, 6.07) is 7.73. The van der Waals surface area contributed by atoms with Crippen molar-refractivity contribution >= 4 is 17.2 Å². The lowest BCUT2D eigenvalue weighted by atomic mass is 10.00. The van der Waals surface area contributed by atoms with Crippen LogP contribution in [0.5, 0.6) is 0 Å². The lowest BCUT2D eigenvalue weighted by molar-refractivity contribution is -0.121. The van der Waals surface area contributed by atoms with Crippen molar-refractivity contribution in [3.05, 3.63) is 41.4 Å². The molecule has 0 aliphatic carbocycles. The van der Waals surface area contributed by atoms with Crippen LogP contribution in [0, 0.1) is 11.3 Å². The zero-order valence-electron chi connectivity index (χ0n) is 10.9. The van der Waals surface area contributed by atoms with E-state index in [4.69, 9.17) is 5.26 Å². The molecule has 0 bridgehead atoms. The maximum absolute atomic E-state index is 11.4. The zero-order chi connectivity index (χ0) is 14.7. The molecule has 0 fully saturated rings. The first-order valence-electron chi connectivity index (χ1n) is 6.25. The number of nitrogens with zero attached hydrogens (tertiary/aromatic N) is 4. The van der Waals surface area contributed by atoms with Crippen molar-refractivity contribution in [3.8, 4) is 6.07 Å². The Kier molecular flexibility index (Phi) is 3.31. The topological polar surface area (TPSA) is 119 Å². The number of fused-ring (bicyclic) bond motifs is 1. The van der Waals surface area contributed by atoms with Crippen LogP contribution >= 0.6 is 0 Å². The second kappa shape index (κ2) is 5.42. The number of allylic oxidation sites excluding steroid dienone is 1. The minimum atomic E-state index is 0.0136. The first-order valence-corrected chi connectivity index (χ1v) is 6.25. The average Bonchev–Trinajstić information content (AvgIpc) is 3.01. The summed E-state index contributed by atoms with van der Waals surface area (Å²) < 4.78 is 0. The number of amides is 1. The van der Waals surface area contributed by atoms with E-state index < -0.39 is 0 Å². The summed E-state index contributed by atoms with van der Waals surface area (Å²) in [6.45, 7) is 0.552. The van der Waals surface area contributed by atoms with Gasteiger partial charge >= 0.3 is 0 Å². The van der Waals surface area contributed by atoms with Crippen LogP contribution < -0.4 is 10.6 Å². The van der Waals surface area contributed by atoms with Gasteiger partial charge in [0.15, 0.2) is 0 Å². The molecule has 8 nitrogen and oxygen atoms in total. The molecule has 104 valence electrons. The van der Waals surface area contributed by atoms with Crippen LogP contribution in [0.1, 0.15) is 17.0 Å². The Morgan fingerprint density at radius 2 is 2.33 bits per heavy atom. The molecule has 1 amide bonds. The number of nitrogens with one attached hydrogen (secondary N) is 3. The van der Waals surface area contributed by atoms with Gasteiger partial charge in [0.2, 0.25) is 11.7 Å². The van der Waals surface area contributed by atoms with E-state index in [0.29, 0.717) is 13.0 Å². The van der Waals surface area contributed by atoms with Crippen LogP contribution in [-0.4, -0.2) is 26.5 Å². The highest BCUT2D eigenvalue weighted by Crippen LogP contribution is 2.20. The fraction of sp³-hybridized carbons (Fsp3) is 0.154. The van der Waals surface area contributed by atoms with Crippen molar-refractivity contribution in [2.24, 2.45) is 0 Å². The number of H-pyrrole nitrogens is 1. The molecule has 0 atom stereocenters. The maximum atomic E-state index is 11.4. The van der Waals surface area contributed by atoms with Crippen LogP contribution in [0.3, 0.4) is 0 Å². The van der Waals surface area contributed by atoms with Gasteiger partial charge in [-0.3, -0.25) is 4.79 Å². The second-order valence-electron chi connectivity index (χ2n) is 4.49. The number of carbonyl (C=O) groups excluding carboxylic acids is 1. The molecule has 8 heteroatoms. The molecule has 1 aromatic carbocycles. The second-order valence-corrected chi connectivity index (χ2v) is 4.49. The number of aromatic amines is 1. The van der Waals surface area contributed by atoms with Gasteiger partial charge in [0.1, 0.15) is 11.6 Å². The molecule has 0 spiro atoms. The molecule has 0 saturated heterocycles. The highest BCUT2D eigenvalue weighted by Gasteiger charge is 2.14. The highest BCUT2D eigenvalue weighted by molar-refractivity contribution is 5.81. The number of rotatable bonds is 3. The quantitative estimate of drug-likeness (QED) is 0.698. The minimum absolute atomic E-state index is 0.0136. The number of hydrogen-bond donors (Lipinski definition) is 3. The highest BCUT2D eigenvalue weighted by atomic mass is 16.1. The summed E-state index contributed by atoms with van der Waals surface area (Å²) in [5.41, 5.74) is 3.14. The number of anilines is 1. The van der Waals surface area contributed by atoms with Gasteiger partial charge in [0.25, 0.3) is 0 Å². The molecule has 0 unspecified atom stereocenters. The van der Waals surface area contributed by atoms with Crippen LogP contribution in [0.2, 0.25) is 0 Å². The number of aromatic nitrogens is 4. The summed E-state index contributed by atoms with van der Waals surface area (Å²) in [5, 5.41) is 28.1. The van der Waals surface area contributed by atoms with Gasteiger partial charge in [0, 0.05) is 18.4 Å². The molecular weight excluding hydrogens is 270 g/mol. The predicted molar refractivity (Wildman–Crippen MR) is 73.4 cm³/mol. The Balaban J connectivity index is 1.81. The lowest BCUT2D eigenvalue weighted by Crippen LogP contribution is -2.30. The lowest BCUT2D eigenvalue weighted by Gasteiger charge is -2.17. The molecule has 0 saturated carbocycles. The monoisotopic (exact) mass is 281 g/mol. The first kappa shape index (κ1) is 12.8. The largest absolute Gasteiger partial charge is 0.360 e. The third kappa shape index (κ3) is 2.71. The maximum Gasteiger partial charge on any atom is 0.224 e. The molecule has 1 aromatic heterocycles. The van der Waals surface area contributed by atoms with E-state index >= 15 is 0 Å². The van der Waals surface area contributed by atoms with Gasteiger partial charge < -0.3 is 10.6 Å². The third-order valence-electron chi connectivity index (χ3n) is 3.12. The van der Waals surface area contributed by atoms with Crippen LogP contribution in [0.4, 0.5) is 5.69 Å². The van der Waals surface area contributed by atoms with Gasteiger partial charge in [-0.25, -0.2) is 0 Å². The van der Waals surface area contributed by atoms with Crippen LogP contribution in [0.15, 0.2) is 24.4 Å². The van der Waals surface area contributed by atoms with E-state index in [0.717, 1.165) is 16.8 Å². The van der Waals surface area contributed by atoms with E-state index in [-0.39, 0.29) is 17.3 Å². The standard InChI is InChI=1S/C13H11N7O/c14-5-10(13-17-19-20-18-13)7-15-11-2-1-8-6-16-12(21)4-9(8)3-11/h1-3,7,15H,4,6H2,(H,16,21)(H,17,18,19,20). The predicted octanol–water partition coefficient (Wildman–Crippen LogP) is 0.349. The fourth-order valence-electron chi connectivity index (χ4n) is 2.06. The van der Waals surface area contributed by atoms with Crippen molar-refractivity contribution in [1.82, 2.24) is 25.9 Å². The number of carbonyl (C=O) groups is 1. The van der Waals surface area contributed by atoms with Crippen LogP contribution in [0.25, 0.3) is 5.57 Å². The number of nitriles is 1. The number of tetrazole rings is 1. The Labute approximate surface area is 119 Å². The Morgan fingerprint density at radius 1 is 1.43 bits per heavy atom. The first-order chi connectivity index (χ1) is 10.3. The van der Waals surface area contributed by atoms with Crippen molar-refractivity contribution in [3.63, 3.8) is 0 Å². The summed E-state index contributed by atoms with van der Waals surface area (Å²) in [6.07, 6.45) is 1.87. The van der Waals surface area contributed by atoms with Crippen molar-refractivity contribution < 1.29 is 4.79 Å². The average molecular weight is 281 g/mol. The Hall–Kier alpha value is -3.21. The van der Waals surface area contributed by atoms with E-state index in [1.165, 1.54) is 6.20 Å². The van der Waals surface area contributed by atoms with E-state index in [9.17, 15) is 4.79 Å². The molecule has 1 aliphatic heterocycles. The number of hydrogen-bond acceptors (Lipinski definition) is 6. The SMILES string of the molecule is N#CC(=CNc1ccc2c(c1)CC(=O)NC2)c1nn[nH]n1. The van der Waals surface area contributed by atoms with Crippen molar-refractivity contribution in [1.29, 1.82) is 5.26 Å². The van der Waals surface area contributed by atoms with Gasteiger partial charge in [-0.2, -0.15) is 10.5 Å². The Morgan fingerprint density at radius 3 is 3.10 bits per heavy atom. The molecule has 3 N–H and O–H groups in total. The Bertz CT molecular complexity index is 742. The van der Waals surface area contributed by atoms with E-state index in [1.54, 1.807) is 0 Å². The normalized spacial score (nSPS) is 14.0. The van der Waals surface area contributed by atoms with Gasteiger partial charge in [-0.05, 0) is 28.5 Å². The van der Waals surface area contributed by atoms with Gasteiger partial charge in [-0.15, -0.1) is 10.2 Å². The summed E-state index contributed by atoms with van der Waals surface area (Å²) in [5.74, 6) is 0.238. The zero-order valence-corrected chi connectivity index (χ0v) is 10.9. The summed E-state index contributed by atoms with van der Waals surface area (Å²) >= 11 is 0. The summed E-state index contributed by atoms with van der Waals surface area (Å²) in [7, 11) is 0. The van der Waals surface area contributed by atoms with Crippen molar-refractivity contribution in [2.75, 3.05) is 5.32 Å². The minimum Gasteiger partial charge on any atom is -0.360 e. The molecule has 0 radical (unpaired) electrons. The number of benzene rings is 1. The molecular formula is C13H11N7O. The van der Waals surface area contributed by atoms with Gasteiger partial charge in [0.05, 0.1) is 6.42 Å². The molecule has 3 rings (SSSR count). The van der Waals surface area contributed by atoms with E-state index in [2.05, 4.69) is 31.3 Å². The third-order valence-corrected chi connectivity index (χ3v) is 3.12. The van der Waals surface area contributed by atoms with Crippen molar-refractivity contribution in [2.45, 2.75) is 13.0 Å².